The van der Waals surface area contributed by atoms with Crippen molar-refractivity contribution < 1.29 is 0 Å². The average molecular weight is 726 g/mol. The van der Waals surface area contributed by atoms with Crippen molar-refractivity contribution in [1.29, 1.82) is 0 Å². The predicted octanol–water partition coefficient (Wildman–Crippen LogP) is 15.8. The lowest BCUT2D eigenvalue weighted by Gasteiger charge is -2.25. The number of hydrogen-bond acceptors (Lipinski definition) is 1. The van der Waals surface area contributed by atoms with Gasteiger partial charge in [-0.1, -0.05) is 200 Å². The highest BCUT2D eigenvalue weighted by molar-refractivity contribution is 6.21. The topological polar surface area (TPSA) is 3.24 Å². The van der Waals surface area contributed by atoms with Crippen LogP contribution in [-0.4, -0.2) is 0 Å². The van der Waals surface area contributed by atoms with Crippen LogP contribution >= 0.6 is 0 Å². The van der Waals surface area contributed by atoms with E-state index in [0.717, 1.165) is 17.1 Å². The maximum Gasteiger partial charge on any atom is 0.0462 e. The van der Waals surface area contributed by atoms with E-state index in [1.807, 2.05) is 0 Å². The minimum absolute atomic E-state index is 1.12. The molecule has 0 saturated heterocycles. The Kier molecular flexibility index (Phi) is 8.95. The van der Waals surface area contributed by atoms with E-state index in [1.165, 1.54) is 76.8 Å². The van der Waals surface area contributed by atoms with Crippen molar-refractivity contribution in [3.63, 3.8) is 0 Å². The summed E-state index contributed by atoms with van der Waals surface area (Å²) in [5, 5.41) is 7.54. The fraction of sp³-hybridized carbons (Fsp3) is 0. The Hall–Kier alpha value is -7.48. The van der Waals surface area contributed by atoms with Gasteiger partial charge < -0.3 is 4.90 Å². The third-order valence-corrected chi connectivity index (χ3v) is 11.1. The Morgan fingerprint density at radius 1 is 0.263 bits per heavy atom. The molecule has 10 aromatic rings. The molecule has 0 bridgehead atoms. The molecule has 0 aromatic heterocycles. The largest absolute Gasteiger partial charge is 0.311 e. The molecule has 0 spiro atoms. The van der Waals surface area contributed by atoms with Gasteiger partial charge in [-0.2, -0.15) is 0 Å². The molecule has 10 aromatic carbocycles. The van der Waals surface area contributed by atoms with Gasteiger partial charge in [0.1, 0.15) is 0 Å². The van der Waals surface area contributed by atoms with E-state index < -0.39 is 0 Å². The van der Waals surface area contributed by atoms with Crippen molar-refractivity contribution in [3.05, 3.63) is 236 Å². The summed E-state index contributed by atoms with van der Waals surface area (Å²) in [4.78, 5) is 2.31. The molecule has 0 heterocycles. The number of hydrogen-bond donors (Lipinski definition) is 0. The Morgan fingerprint density at radius 3 is 1.12 bits per heavy atom. The van der Waals surface area contributed by atoms with Crippen LogP contribution < -0.4 is 4.90 Å². The van der Waals surface area contributed by atoms with Crippen LogP contribution in [0.4, 0.5) is 17.1 Å². The summed E-state index contributed by atoms with van der Waals surface area (Å²) in [7, 11) is 0. The van der Waals surface area contributed by atoms with E-state index in [0.29, 0.717) is 0 Å². The normalized spacial score (nSPS) is 11.4. The monoisotopic (exact) mass is 725 g/mol. The molecule has 0 atom stereocenters. The summed E-state index contributed by atoms with van der Waals surface area (Å²) in [5.74, 6) is 0. The Morgan fingerprint density at radius 2 is 0.632 bits per heavy atom. The molecule has 0 radical (unpaired) electrons. The molecule has 0 amide bonds. The van der Waals surface area contributed by atoms with Gasteiger partial charge in [0, 0.05) is 17.1 Å². The highest BCUT2D eigenvalue weighted by atomic mass is 15.1. The van der Waals surface area contributed by atoms with Crippen LogP contribution in [0.25, 0.3) is 77.9 Å². The van der Waals surface area contributed by atoms with E-state index in [4.69, 9.17) is 0 Å². The number of benzene rings is 10. The Balaban J connectivity index is 0.978. The van der Waals surface area contributed by atoms with Gasteiger partial charge in [0.15, 0.2) is 0 Å². The molecule has 0 saturated carbocycles. The maximum atomic E-state index is 2.31. The lowest BCUT2D eigenvalue weighted by Crippen LogP contribution is -2.09. The van der Waals surface area contributed by atoms with Gasteiger partial charge in [-0.3, -0.25) is 0 Å². The second-order valence-corrected chi connectivity index (χ2v) is 14.5. The van der Waals surface area contributed by atoms with Gasteiger partial charge in [-0.05, 0) is 113 Å². The highest BCUT2D eigenvalue weighted by Crippen LogP contribution is 2.44. The van der Waals surface area contributed by atoms with Crippen molar-refractivity contribution in [2.45, 2.75) is 0 Å². The molecule has 0 aliphatic rings. The van der Waals surface area contributed by atoms with E-state index in [-0.39, 0.29) is 0 Å². The number of rotatable bonds is 8. The molecule has 1 heteroatoms. The zero-order valence-corrected chi connectivity index (χ0v) is 31.5. The van der Waals surface area contributed by atoms with Crippen molar-refractivity contribution in [1.82, 2.24) is 0 Å². The summed E-state index contributed by atoms with van der Waals surface area (Å²) in [6.07, 6.45) is 4.40. The smallest absolute Gasteiger partial charge is 0.0462 e. The number of anilines is 3. The Labute approximate surface area is 334 Å². The van der Waals surface area contributed by atoms with E-state index in [2.05, 4.69) is 242 Å². The summed E-state index contributed by atoms with van der Waals surface area (Å²) < 4.78 is 0. The fourth-order valence-electron chi connectivity index (χ4n) is 8.33. The first-order valence-electron chi connectivity index (χ1n) is 19.6. The number of nitrogens with zero attached hydrogens (tertiary/aromatic N) is 1. The maximum absolute atomic E-state index is 2.31. The zero-order valence-electron chi connectivity index (χ0n) is 31.5. The second kappa shape index (κ2) is 15.0. The van der Waals surface area contributed by atoms with Gasteiger partial charge in [-0.15, -0.1) is 0 Å². The SMILES string of the molecule is C(=Cc1ccc(-c2c3ccccc3c(-c3ccc(N(c4ccccc4)c4ccccc4)cc3)c3ccccc23)cc1)c1ccc(-c2cccc3ccccc23)cc1. The molecule has 0 aliphatic heterocycles. The van der Waals surface area contributed by atoms with E-state index in [1.54, 1.807) is 0 Å². The van der Waals surface area contributed by atoms with Crippen LogP contribution in [0.2, 0.25) is 0 Å². The lowest BCUT2D eigenvalue weighted by atomic mass is 9.86. The first-order chi connectivity index (χ1) is 28.3. The first kappa shape index (κ1) is 34.0. The molecule has 0 unspecified atom stereocenters. The van der Waals surface area contributed by atoms with Gasteiger partial charge in [0.25, 0.3) is 0 Å². The van der Waals surface area contributed by atoms with Crippen LogP contribution in [0.1, 0.15) is 11.1 Å². The molecule has 1 nitrogen and oxygen atoms in total. The van der Waals surface area contributed by atoms with Crippen molar-refractivity contribution in [2.75, 3.05) is 4.90 Å². The van der Waals surface area contributed by atoms with Crippen molar-refractivity contribution in [2.24, 2.45) is 0 Å². The predicted molar refractivity (Wildman–Crippen MR) is 245 cm³/mol. The van der Waals surface area contributed by atoms with Crippen molar-refractivity contribution >= 4 is 61.5 Å². The number of para-hydroxylation sites is 2. The fourth-order valence-corrected chi connectivity index (χ4v) is 8.33. The van der Waals surface area contributed by atoms with Crippen LogP contribution in [0.3, 0.4) is 0 Å². The standard InChI is InChI=1S/C56H39N/c1-3-16-46(17-4-1)57(47-18-5-2-6-19-47)48-38-36-45(37-39-48)56-53-23-11-9-21-51(53)55(52-22-10-12-24-54(52)56)44-34-30-41(31-35-44)27-26-40-28-32-43(33-29-40)50-25-13-15-42-14-7-8-20-49(42)50/h1-39H. The average Bonchev–Trinajstić information content (AvgIpc) is 3.29. The molecule has 57 heavy (non-hydrogen) atoms. The third kappa shape index (κ3) is 6.56. The molecule has 268 valence electrons. The third-order valence-electron chi connectivity index (χ3n) is 11.1. The quantitative estimate of drug-likeness (QED) is 0.111. The zero-order chi connectivity index (χ0) is 38.0. The number of fused-ring (bicyclic) bond motifs is 3. The van der Waals surface area contributed by atoms with Crippen LogP contribution in [-0.2, 0) is 0 Å². The van der Waals surface area contributed by atoms with E-state index in [9.17, 15) is 0 Å². The molecular weight excluding hydrogens is 687 g/mol. The summed E-state index contributed by atoms with van der Waals surface area (Å²) in [5.41, 5.74) is 13.1. The summed E-state index contributed by atoms with van der Waals surface area (Å²) in [6, 6.07) is 80.9. The first-order valence-corrected chi connectivity index (χ1v) is 19.6. The van der Waals surface area contributed by atoms with Gasteiger partial charge in [0.05, 0.1) is 0 Å². The minimum atomic E-state index is 1.12. The lowest BCUT2D eigenvalue weighted by molar-refractivity contribution is 1.28. The molecule has 0 fully saturated rings. The van der Waals surface area contributed by atoms with Crippen molar-refractivity contribution in [3.8, 4) is 33.4 Å². The summed E-state index contributed by atoms with van der Waals surface area (Å²) >= 11 is 0. The minimum Gasteiger partial charge on any atom is -0.311 e. The molecular formula is C56H39N. The Bertz CT molecular complexity index is 2910. The molecule has 0 N–H and O–H groups in total. The van der Waals surface area contributed by atoms with Gasteiger partial charge >= 0.3 is 0 Å². The van der Waals surface area contributed by atoms with Gasteiger partial charge in [0.2, 0.25) is 0 Å². The second-order valence-electron chi connectivity index (χ2n) is 14.5. The van der Waals surface area contributed by atoms with Crippen LogP contribution in [0.5, 0.6) is 0 Å². The van der Waals surface area contributed by atoms with Crippen LogP contribution in [0, 0.1) is 0 Å². The van der Waals surface area contributed by atoms with Gasteiger partial charge in [-0.25, -0.2) is 0 Å². The molecule has 10 rings (SSSR count). The van der Waals surface area contributed by atoms with Crippen LogP contribution in [0.15, 0.2) is 224 Å². The van der Waals surface area contributed by atoms with E-state index >= 15 is 0 Å². The summed E-state index contributed by atoms with van der Waals surface area (Å²) in [6.45, 7) is 0. The highest BCUT2D eigenvalue weighted by Gasteiger charge is 2.18. The molecule has 0 aliphatic carbocycles.